The molecular weight excluding hydrogens is 286 g/mol. The smallest absolute Gasteiger partial charge is 0.258 e. The minimum absolute atomic E-state index is 0.0390. The third-order valence-electron chi connectivity index (χ3n) is 6.46. The number of benzene rings is 1. The van der Waals surface area contributed by atoms with Crippen LogP contribution in [-0.4, -0.2) is 18.6 Å². The van der Waals surface area contributed by atoms with Gasteiger partial charge in [0.25, 0.3) is 5.91 Å². The maximum atomic E-state index is 12.3. The van der Waals surface area contributed by atoms with Gasteiger partial charge in [-0.1, -0.05) is 24.1 Å². The van der Waals surface area contributed by atoms with E-state index in [1.165, 1.54) is 37.7 Å². The molecule has 0 unspecified atom stereocenters. The number of ether oxygens (including phenoxy) is 1. The first-order valence-electron chi connectivity index (χ1n) is 9.11. The predicted molar refractivity (Wildman–Crippen MR) is 90.4 cm³/mol. The number of rotatable bonds is 4. The Morgan fingerprint density at radius 3 is 2.83 bits per heavy atom. The van der Waals surface area contributed by atoms with Crippen LogP contribution in [0.5, 0.6) is 5.75 Å². The highest BCUT2D eigenvalue weighted by Gasteiger charge is 2.53. The lowest BCUT2D eigenvalue weighted by molar-refractivity contribution is -0.124. The zero-order valence-electron chi connectivity index (χ0n) is 14.2. The molecule has 1 N–H and O–H groups in total. The summed E-state index contributed by atoms with van der Waals surface area (Å²) in [6.45, 7) is 4.22. The molecule has 0 saturated heterocycles. The summed E-state index contributed by atoms with van der Waals surface area (Å²) in [4.78, 5) is 12.3. The standard InChI is InChI=1S/C20H27NO2/c1-12-6-7-19(13(2)8-12)23-11-20(22)21-18-10-14-9-17(18)16-5-3-4-15(14)16/h6-8,14-18H,3-5,9-11H2,1-2H3,(H,21,22)/t14-,15+,16-,17+,18-/m1/s1. The van der Waals surface area contributed by atoms with E-state index in [9.17, 15) is 4.79 Å². The molecule has 3 saturated carbocycles. The number of carbonyl (C=O) groups excluding carboxylic acids is 1. The summed E-state index contributed by atoms with van der Waals surface area (Å²) in [7, 11) is 0. The Labute approximate surface area is 138 Å². The summed E-state index contributed by atoms with van der Waals surface area (Å²) >= 11 is 0. The molecule has 0 aromatic heterocycles. The third-order valence-corrected chi connectivity index (χ3v) is 6.46. The van der Waals surface area contributed by atoms with Crippen LogP contribution in [0.4, 0.5) is 0 Å². The Bertz CT molecular complexity index is 612. The van der Waals surface area contributed by atoms with Gasteiger partial charge in [-0.2, -0.15) is 0 Å². The maximum Gasteiger partial charge on any atom is 0.258 e. The topological polar surface area (TPSA) is 38.3 Å². The highest BCUT2D eigenvalue weighted by atomic mass is 16.5. The third kappa shape index (κ3) is 2.75. The van der Waals surface area contributed by atoms with E-state index in [-0.39, 0.29) is 12.5 Å². The number of fused-ring (bicyclic) bond motifs is 5. The first-order valence-corrected chi connectivity index (χ1v) is 9.11. The summed E-state index contributed by atoms with van der Waals surface area (Å²) < 4.78 is 5.72. The lowest BCUT2D eigenvalue weighted by Crippen LogP contribution is -2.44. The molecule has 3 fully saturated rings. The lowest BCUT2D eigenvalue weighted by atomic mass is 9.79. The van der Waals surface area contributed by atoms with Gasteiger partial charge < -0.3 is 10.1 Å². The van der Waals surface area contributed by atoms with Gasteiger partial charge in [-0.05, 0) is 74.8 Å². The molecule has 3 nitrogen and oxygen atoms in total. The molecular formula is C20H27NO2. The van der Waals surface area contributed by atoms with Crippen molar-refractivity contribution in [2.24, 2.45) is 23.7 Å². The van der Waals surface area contributed by atoms with Crippen molar-refractivity contribution < 1.29 is 9.53 Å². The fraction of sp³-hybridized carbons (Fsp3) is 0.650. The summed E-state index contributed by atoms with van der Waals surface area (Å²) in [6, 6.07) is 6.47. The van der Waals surface area contributed by atoms with Crippen molar-refractivity contribution in [3.05, 3.63) is 29.3 Å². The van der Waals surface area contributed by atoms with E-state index in [0.29, 0.717) is 6.04 Å². The molecule has 1 amide bonds. The Kier molecular flexibility index (Phi) is 3.82. The monoisotopic (exact) mass is 313 g/mol. The predicted octanol–water partition coefficient (Wildman–Crippen LogP) is 3.62. The molecule has 23 heavy (non-hydrogen) atoms. The molecule has 3 aliphatic carbocycles. The maximum absolute atomic E-state index is 12.3. The quantitative estimate of drug-likeness (QED) is 0.922. The van der Waals surface area contributed by atoms with Gasteiger partial charge in [0.05, 0.1) is 0 Å². The van der Waals surface area contributed by atoms with E-state index in [0.717, 1.165) is 35.0 Å². The van der Waals surface area contributed by atoms with Crippen molar-refractivity contribution in [3.63, 3.8) is 0 Å². The van der Waals surface area contributed by atoms with Crippen LogP contribution in [0.25, 0.3) is 0 Å². The molecule has 0 spiro atoms. The van der Waals surface area contributed by atoms with Gasteiger partial charge in [0, 0.05) is 6.04 Å². The first-order chi connectivity index (χ1) is 11.1. The zero-order chi connectivity index (χ0) is 16.0. The molecule has 0 radical (unpaired) electrons. The molecule has 5 atom stereocenters. The van der Waals surface area contributed by atoms with Crippen LogP contribution in [0.3, 0.4) is 0 Å². The summed E-state index contributed by atoms with van der Waals surface area (Å²) in [6.07, 6.45) is 6.76. The lowest BCUT2D eigenvalue weighted by Gasteiger charge is -2.32. The zero-order valence-corrected chi connectivity index (χ0v) is 14.2. The molecule has 124 valence electrons. The van der Waals surface area contributed by atoms with Crippen molar-refractivity contribution in [2.45, 2.75) is 52.0 Å². The van der Waals surface area contributed by atoms with Crippen LogP contribution in [0.15, 0.2) is 18.2 Å². The van der Waals surface area contributed by atoms with Gasteiger partial charge >= 0.3 is 0 Å². The van der Waals surface area contributed by atoms with Crippen LogP contribution >= 0.6 is 0 Å². The van der Waals surface area contributed by atoms with E-state index in [2.05, 4.69) is 18.3 Å². The largest absolute Gasteiger partial charge is 0.484 e. The van der Waals surface area contributed by atoms with E-state index < -0.39 is 0 Å². The van der Waals surface area contributed by atoms with Crippen molar-refractivity contribution in [1.29, 1.82) is 0 Å². The fourth-order valence-corrected chi connectivity index (χ4v) is 5.59. The molecule has 0 aliphatic heterocycles. The summed E-state index contributed by atoms with van der Waals surface area (Å²) in [5.41, 5.74) is 2.30. The number of hydrogen-bond acceptors (Lipinski definition) is 2. The highest BCUT2D eigenvalue weighted by Crippen LogP contribution is 2.58. The number of hydrogen-bond donors (Lipinski definition) is 1. The van der Waals surface area contributed by atoms with Crippen LogP contribution in [-0.2, 0) is 4.79 Å². The minimum Gasteiger partial charge on any atom is -0.484 e. The van der Waals surface area contributed by atoms with Gasteiger partial charge in [0.1, 0.15) is 5.75 Å². The van der Waals surface area contributed by atoms with E-state index in [1.807, 2.05) is 19.1 Å². The van der Waals surface area contributed by atoms with Crippen LogP contribution in [0, 0.1) is 37.5 Å². The molecule has 1 aromatic carbocycles. The van der Waals surface area contributed by atoms with Gasteiger partial charge in [0.2, 0.25) is 0 Å². The minimum atomic E-state index is 0.0390. The summed E-state index contributed by atoms with van der Waals surface area (Å²) in [5, 5.41) is 3.26. The molecule has 2 bridgehead atoms. The molecule has 4 rings (SSSR count). The Morgan fingerprint density at radius 1 is 1.17 bits per heavy atom. The number of carbonyl (C=O) groups is 1. The van der Waals surface area contributed by atoms with Gasteiger partial charge in [-0.25, -0.2) is 0 Å². The van der Waals surface area contributed by atoms with Crippen molar-refractivity contribution in [2.75, 3.05) is 6.61 Å². The van der Waals surface area contributed by atoms with E-state index in [4.69, 9.17) is 4.74 Å². The normalized spacial score (nSPS) is 34.4. The van der Waals surface area contributed by atoms with E-state index in [1.54, 1.807) is 0 Å². The first kappa shape index (κ1) is 15.0. The number of amides is 1. The second-order valence-corrected chi connectivity index (χ2v) is 7.89. The van der Waals surface area contributed by atoms with Crippen molar-refractivity contribution in [3.8, 4) is 5.75 Å². The molecule has 3 aliphatic rings. The van der Waals surface area contributed by atoms with E-state index >= 15 is 0 Å². The molecule has 0 heterocycles. The van der Waals surface area contributed by atoms with Crippen LogP contribution < -0.4 is 10.1 Å². The highest BCUT2D eigenvalue weighted by molar-refractivity contribution is 5.78. The van der Waals surface area contributed by atoms with Crippen molar-refractivity contribution in [1.82, 2.24) is 5.32 Å². The second-order valence-electron chi connectivity index (χ2n) is 7.89. The fourth-order valence-electron chi connectivity index (χ4n) is 5.59. The van der Waals surface area contributed by atoms with Crippen LogP contribution in [0.1, 0.15) is 43.2 Å². The molecule has 3 heteroatoms. The van der Waals surface area contributed by atoms with Gasteiger partial charge in [-0.3, -0.25) is 4.79 Å². The SMILES string of the molecule is Cc1ccc(OCC(=O)N[C@@H]2C[C@H]3C[C@H]2[C@@H]2CCC[C@@H]32)c(C)c1. The van der Waals surface area contributed by atoms with Crippen molar-refractivity contribution >= 4 is 5.91 Å². The Hall–Kier alpha value is -1.51. The molecule has 1 aromatic rings. The second kappa shape index (κ2) is 5.85. The van der Waals surface area contributed by atoms with Gasteiger partial charge in [0.15, 0.2) is 6.61 Å². The average Bonchev–Trinajstić information content (AvgIpc) is 3.18. The van der Waals surface area contributed by atoms with Crippen LogP contribution in [0.2, 0.25) is 0 Å². The Balaban J connectivity index is 1.31. The Morgan fingerprint density at radius 2 is 2.00 bits per heavy atom. The van der Waals surface area contributed by atoms with Gasteiger partial charge in [-0.15, -0.1) is 0 Å². The average molecular weight is 313 g/mol. The number of aryl methyl sites for hydroxylation is 2. The number of nitrogens with one attached hydrogen (secondary N) is 1. The summed E-state index contributed by atoms with van der Waals surface area (Å²) in [5.74, 6) is 4.32.